The third-order valence-electron chi connectivity index (χ3n) is 1.87. The van der Waals surface area contributed by atoms with Gasteiger partial charge in [0.05, 0.1) is 0 Å². The topological polar surface area (TPSA) is 60.2 Å². The predicted molar refractivity (Wildman–Crippen MR) is 42.9 cm³/mol. The quantitative estimate of drug-likeness (QED) is 0.475. The molecule has 0 aliphatic rings. The van der Waals surface area contributed by atoms with Crippen LogP contribution in [0.5, 0.6) is 0 Å². The van der Waals surface area contributed by atoms with E-state index in [0.717, 1.165) is 12.8 Å². The maximum absolute atomic E-state index is 10.7. The molecule has 0 saturated heterocycles. The highest BCUT2D eigenvalue weighted by Crippen LogP contribution is 2.20. The highest BCUT2D eigenvalue weighted by molar-refractivity contribution is 5.95. The first-order valence-corrected chi connectivity index (χ1v) is 3.83. The maximum Gasteiger partial charge on any atom is 0.230 e. The van der Waals surface area contributed by atoms with Crippen LogP contribution in [0.15, 0.2) is 0 Å². The second-order valence-electron chi connectivity index (χ2n) is 3.00. The van der Waals surface area contributed by atoms with Gasteiger partial charge in [0.2, 0.25) is 5.91 Å². The van der Waals surface area contributed by atoms with Gasteiger partial charge in [-0.2, -0.15) is 0 Å². The number of carbonyl (C=O) groups excluding carboxylic acids is 2. The lowest BCUT2D eigenvalue weighted by atomic mass is 9.86. The van der Waals surface area contributed by atoms with E-state index in [2.05, 4.69) is 0 Å². The molecule has 1 atom stereocenters. The Morgan fingerprint density at radius 1 is 1.64 bits per heavy atom. The van der Waals surface area contributed by atoms with Crippen LogP contribution in [0.4, 0.5) is 0 Å². The number of amides is 1. The van der Waals surface area contributed by atoms with E-state index in [9.17, 15) is 9.59 Å². The Hall–Kier alpha value is -0.860. The average Bonchev–Trinajstić information content (AvgIpc) is 2.00. The minimum atomic E-state index is -0.948. The van der Waals surface area contributed by atoms with E-state index in [-0.39, 0.29) is 0 Å². The number of carbonyl (C=O) groups is 2. The summed E-state index contributed by atoms with van der Waals surface area (Å²) in [6.07, 6.45) is 3.03. The molecule has 0 aromatic heterocycles. The summed E-state index contributed by atoms with van der Waals surface area (Å²) in [5, 5.41) is 0. The molecule has 0 aliphatic heterocycles. The van der Waals surface area contributed by atoms with Gasteiger partial charge in [-0.25, -0.2) is 0 Å². The Balaban J connectivity index is 4.10. The van der Waals surface area contributed by atoms with Gasteiger partial charge < -0.3 is 10.5 Å². The van der Waals surface area contributed by atoms with Crippen molar-refractivity contribution in [2.24, 2.45) is 11.1 Å². The van der Waals surface area contributed by atoms with Crippen LogP contribution in [-0.2, 0) is 9.59 Å². The fraction of sp³-hybridized carbons (Fsp3) is 0.750. The summed E-state index contributed by atoms with van der Waals surface area (Å²) in [6, 6.07) is 0. The minimum absolute atomic E-state index is 0.527. The van der Waals surface area contributed by atoms with Gasteiger partial charge in [-0.3, -0.25) is 4.79 Å². The number of unbranched alkanes of at least 4 members (excludes halogenated alkanes) is 1. The molecule has 0 heterocycles. The van der Waals surface area contributed by atoms with E-state index < -0.39 is 11.3 Å². The number of nitrogens with two attached hydrogens (primary N) is 1. The monoisotopic (exact) mass is 157 g/mol. The summed E-state index contributed by atoms with van der Waals surface area (Å²) in [5.41, 5.74) is 4.10. The van der Waals surface area contributed by atoms with Gasteiger partial charge in [-0.15, -0.1) is 0 Å². The average molecular weight is 157 g/mol. The van der Waals surface area contributed by atoms with Crippen molar-refractivity contribution in [1.82, 2.24) is 0 Å². The molecule has 11 heavy (non-hydrogen) atoms. The summed E-state index contributed by atoms with van der Waals surface area (Å²) in [7, 11) is 0. The van der Waals surface area contributed by atoms with Crippen molar-refractivity contribution in [3.05, 3.63) is 0 Å². The van der Waals surface area contributed by atoms with Crippen molar-refractivity contribution < 1.29 is 9.59 Å². The molecule has 64 valence electrons. The van der Waals surface area contributed by atoms with Crippen LogP contribution in [0.3, 0.4) is 0 Å². The summed E-state index contributed by atoms with van der Waals surface area (Å²) < 4.78 is 0. The van der Waals surface area contributed by atoms with Crippen LogP contribution >= 0.6 is 0 Å². The highest BCUT2D eigenvalue weighted by atomic mass is 16.2. The van der Waals surface area contributed by atoms with Gasteiger partial charge in [0, 0.05) is 0 Å². The molecule has 1 amide bonds. The number of primary amides is 1. The van der Waals surface area contributed by atoms with Gasteiger partial charge in [0.1, 0.15) is 11.7 Å². The fourth-order valence-electron chi connectivity index (χ4n) is 0.784. The summed E-state index contributed by atoms with van der Waals surface area (Å²) >= 11 is 0. The van der Waals surface area contributed by atoms with Crippen molar-refractivity contribution in [1.29, 1.82) is 0 Å². The minimum Gasteiger partial charge on any atom is -0.369 e. The van der Waals surface area contributed by atoms with Crippen molar-refractivity contribution in [3.63, 3.8) is 0 Å². The van der Waals surface area contributed by atoms with E-state index in [1.54, 1.807) is 6.92 Å². The van der Waals surface area contributed by atoms with Crippen LogP contribution in [0.25, 0.3) is 0 Å². The van der Waals surface area contributed by atoms with Crippen LogP contribution in [0.2, 0.25) is 0 Å². The smallest absolute Gasteiger partial charge is 0.230 e. The van der Waals surface area contributed by atoms with E-state index in [4.69, 9.17) is 5.73 Å². The van der Waals surface area contributed by atoms with Gasteiger partial charge in [-0.05, 0) is 13.3 Å². The molecule has 3 nitrogen and oxygen atoms in total. The Morgan fingerprint density at radius 2 is 2.18 bits per heavy atom. The molecule has 0 aromatic carbocycles. The van der Waals surface area contributed by atoms with Crippen molar-refractivity contribution in [2.75, 3.05) is 0 Å². The Labute approximate surface area is 67.0 Å². The molecule has 0 radical (unpaired) electrons. The lowest BCUT2D eigenvalue weighted by Gasteiger charge is -2.17. The van der Waals surface area contributed by atoms with Crippen molar-refractivity contribution in [3.8, 4) is 0 Å². The maximum atomic E-state index is 10.7. The summed E-state index contributed by atoms with van der Waals surface area (Å²) in [6.45, 7) is 3.59. The standard InChI is InChI=1S/C8H15NO2/c1-3-4-5-8(2,6-10)7(9)11/h6H,3-5H2,1-2H3,(H2,9,11). The first-order valence-electron chi connectivity index (χ1n) is 3.83. The summed E-state index contributed by atoms with van der Waals surface area (Å²) in [5.74, 6) is -0.527. The first kappa shape index (κ1) is 10.1. The zero-order chi connectivity index (χ0) is 8.91. The zero-order valence-corrected chi connectivity index (χ0v) is 7.09. The third-order valence-corrected chi connectivity index (χ3v) is 1.87. The molecule has 0 aliphatic carbocycles. The number of hydrogen-bond donors (Lipinski definition) is 1. The van der Waals surface area contributed by atoms with Crippen LogP contribution in [0.1, 0.15) is 33.1 Å². The molecule has 0 saturated carbocycles. The van der Waals surface area contributed by atoms with Gasteiger partial charge in [0.25, 0.3) is 0 Å². The normalized spacial score (nSPS) is 15.5. The van der Waals surface area contributed by atoms with Gasteiger partial charge in [0.15, 0.2) is 0 Å². The third kappa shape index (κ3) is 2.70. The molecule has 3 heteroatoms. The van der Waals surface area contributed by atoms with E-state index in [1.165, 1.54) is 0 Å². The molecular weight excluding hydrogens is 142 g/mol. The van der Waals surface area contributed by atoms with E-state index >= 15 is 0 Å². The highest BCUT2D eigenvalue weighted by Gasteiger charge is 2.29. The molecular formula is C8H15NO2. The number of aldehydes is 1. The molecule has 0 aromatic rings. The molecule has 2 N–H and O–H groups in total. The fourth-order valence-corrected chi connectivity index (χ4v) is 0.784. The number of hydrogen-bond acceptors (Lipinski definition) is 2. The van der Waals surface area contributed by atoms with E-state index in [0.29, 0.717) is 12.7 Å². The summed E-state index contributed by atoms with van der Waals surface area (Å²) in [4.78, 5) is 21.2. The molecule has 0 rings (SSSR count). The van der Waals surface area contributed by atoms with E-state index in [1.807, 2.05) is 6.92 Å². The molecule has 0 fully saturated rings. The molecule has 0 bridgehead atoms. The SMILES string of the molecule is CCCCC(C)(C=O)C(N)=O. The molecule has 0 spiro atoms. The Kier molecular flexibility index (Phi) is 3.79. The largest absolute Gasteiger partial charge is 0.369 e. The zero-order valence-electron chi connectivity index (χ0n) is 7.09. The van der Waals surface area contributed by atoms with Crippen LogP contribution < -0.4 is 5.73 Å². The van der Waals surface area contributed by atoms with Crippen LogP contribution in [0, 0.1) is 5.41 Å². The van der Waals surface area contributed by atoms with Crippen molar-refractivity contribution >= 4 is 12.2 Å². The van der Waals surface area contributed by atoms with Crippen molar-refractivity contribution in [2.45, 2.75) is 33.1 Å². The number of rotatable bonds is 5. The Bertz CT molecular complexity index is 156. The van der Waals surface area contributed by atoms with Gasteiger partial charge >= 0.3 is 0 Å². The van der Waals surface area contributed by atoms with Crippen LogP contribution in [-0.4, -0.2) is 12.2 Å². The second-order valence-corrected chi connectivity index (χ2v) is 3.00. The lowest BCUT2D eigenvalue weighted by Crippen LogP contribution is -2.35. The first-order chi connectivity index (χ1) is 5.06. The predicted octanol–water partition coefficient (Wildman–Crippen LogP) is 0.867. The van der Waals surface area contributed by atoms with Gasteiger partial charge in [-0.1, -0.05) is 19.8 Å². The second kappa shape index (κ2) is 4.11. The lowest BCUT2D eigenvalue weighted by molar-refractivity contribution is -0.133. The Morgan fingerprint density at radius 3 is 2.45 bits per heavy atom. The molecule has 1 unspecified atom stereocenters.